The van der Waals surface area contributed by atoms with Crippen molar-refractivity contribution in [3.05, 3.63) is 30.1 Å². The first-order chi connectivity index (χ1) is 11.1. The van der Waals surface area contributed by atoms with Crippen LogP contribution < -0.4 is 0 Å². The first-order valence-electron chi connectivity index (χ1n) is 8.55. The van der Waals surface area contributed by atoms with E-state index in [1.807, 2.05) is 17.0 Å². The van der Waals surface area contributed by atoms with Gasteiger partial charge in [-0.15, -0.1) is 0 Å². The molecule has 5 nitrogen and oxygen atoms in total. The van der Waals surface area contributed by atoms with Gasteiger partial charge in [0.15, 0.2) is 0 Å². The molecule has 1 aromatic rings. The Kier molecular flexibility index (Phi) is 6.56. The number of aromatic nitrogens is 1. The molecule has 1 aliphatic heterocycles. The lowest BCUT2D eigenvalue weighted by molar-refractivity contribution is -0.136. The van der Waals surface area contributed by atoms with Crippen LogP contribution in [0.15, 0.2) is 24.5 Å². The van der Waals surface area contributed by atoms with E-state index in [0.717, 1.165) is 31.4 Å². The van der Waals surface area contributed by atoms with Crippen LogP contribution in [0.25, 0.3) is 0 Å². The number of nitrogens with zero attached hydrogens (tertiary/aromatic N) is 3. The minimum absolute atomic E-state index is 0.000276. The third-order valence-electron chi connectivity index (χ3n) is 4.58. The van der Waals surface area contributed by atoms with E-state index in [2.05, 4.69) is 11.9 Å². The fourth-order valence-electron chi connectivity index (χ4n) is 3.18. The van der Waals surface area contributed by atoms with Crippen molar-refractivity contribution in [3.8, 4) is 0 Å². The van der Waals surface area contributed by atoms with Crippen LogP contribution in [0, 0.1) is 0 Å². The number of carbonyl (C=O) groups is 2. The highest BCUT2D eigenvalue weighted by Crippen LogP contribution is 2.20. The SMILES string of the molecule is CCC1CCCCN1C(=O)CCN(Cc1ccncc1)C(C)=O. The summed E-state index contributed by atoms with van der Waals surface area (Å²) in [6, 6.07) is 4.17. The van der Waals surface area contributed by atoms with Crippen LogP contribution in [0.1, 0.15) is 51.5 Å². The van der Waals surface area contributed by atoms with E-state index in [0.29, 0.717) is 25.6 Å². The van der Waals surface area contributed by atoms with Crippen LogP contribution in [0.4, 0.5) is 0 Å². The molecule has 0 aromatic carbocycles. The summed E-state index contributed by atoms with van der Waals surface area (Å²) >= 11 is 0. The zero-order chi connectivity index (χ0) is 16.7. The number of hydrogen-bond donors (Lipinski definition) is 0. The summed E-state index contributed by atoms with van der Waals surface area (Å²) in [5.41, 5.74) is 1.03. The lowest BCUT2D eigenvalue weighted by Gasteiger charge is -2.35. The molecule has 2 rings (SSSR count). The van der Waals surface area contributed by atoms with Gasteiger partial charge < -0.3 is 9.80 Å². The molecule has 126 valence electrons. The molecule has 2 amide bonds. The number of hydrogen-bond acceptors (Lipinski definition) is 3. The molecule has 0 radical (unpaired) electrons. The second-order valence-corrected chi connectivity index (χ2v) is 6.19. The van der Waals surface area contributed by atoms with Gasteiger partial charge in [0.1, 0.15) is 0 Å². The summed E-state index contributed by atoms with van der Waals surface area (Å²) in [6.07, 6.45) is 8.27. The van der Waals surface area contributed by atoms with Gasteiger partial charge in [-0.25, -0.2) is 0 Å². The summed E-state index contributed by atoms with van der Waals surface area (Å²) in [4.78, 5) is 32.1. The molecule has 1 aromatic heterocycles. The highest BCUT2D eigenvalue weighted by molar-refractivity contribution is 5.78. The van der Waals surface area contributed by atoms with Crippen LogP contribution in [0.5, 0.6) is 0 Å². The van der Waals surface area contributed by atoms with Gasteiger partial charge in [-0.2, -0.15) is 0 Å². The van der Waals surface area contributed by atoms with Gasteiger partial charge in [-0.3, -0.25) is 14.6 Å². The summed E-state index contributed by atoms with van der Waals surface area (Å²) in [5, 5.41) is 0. The van der Waals surface area contributed by atoms with Crippen molar-refractivity contribution in [3.63, 3.8) is 0 Å². The van der Waals surface area contributed by atoms with Gasteiger partial charge in [0.2, 0.25) is 11.8 Å². The van der Waals surface area contributed by atoms with Crippen molar-refractivity contribution in [1.29, 1.82) is 0 Å². The standard InChI is InChI=1S/C18H27N3O2/c1-3-17-6-4-5-12-21(17)18(23)9-13-20(15(2)22)14-16-7-10-19-11-8-16/h7-8,10-11,17H,3-6,9,12-14H2,1-2H3. The average Bonchev–Trinajstić information content (AvgIpc) is 2.58. The Balaban J connectivity index is 1.90. The van der Waals surface area contributed by atoms with Crippen molar-refractivity contribution < 1.29 is 9.59 Å². The number of carbonyl (C=O) groups excluding carboxylic acids is 2. The van der Waals surface area contributed by atoms with Crippen LogP contribution in [-0.4, -0.2) is 45.7 Å². The van der Waals surface area contributed by atoms with Gasteiger partial charge in [-0.1, -0.05) is 6.92 Å². The highest BCUT2D eigenvalue weighted by Gasteiger charge is 2.25. The topological polar surface area (TPSA) is 53.5 Å². The third kappa shape index (κ3) is 5.05. The second-order valence-electron chi connectivity index (χ2n) is 6.19. The molecule has 2 heterocycles. The number of amides is 2. The van der Waals surface area contributed by atoms with Crippen LogP contribution in [0.3, 0.4) is 0 Å². The molecule has 1 saturated heterocycles. The zero-order valence-corrected chi connectivity index (χ0v) is 14.2. The van der Waals surface area contributed by atoms with Crippen molar-refractivity contribution in [2.45, 2.75) is 58.5 Å². The predicted molar refractivity (Wildman–Crippen MR) is 89.6 cm³/mol. The lowest BCUT2D eigenvalue weighted by Crippen LogP contribution is -2.44. The van der Waals surface area contributed by atoms with Gasteiger partial charge >= 0.3 is 0 Å². The molecule has 0 spiro atoms. The summed E-state index contributed by atoms with van der Waals surface area (Å²) < 4.78 is 0. The van der Waals surface area contributed by atoms with E-state index in [-0.39, 0.29) is 11.8 Å². The molecular weight excluding hydrogens is 290 g/mol. The minimum Gasteiger partial charge on any atom is -0.340 e. The molecule has 0 saturated carbocycles. The molecule has 23 heavy (non-hydrogen) atoms. The van der Waals surface area contributed by atoms with Gasteiger partial charge in [-0.05, 0) is 43.4 Å². The van der Waals surface area contributed by atoms with Crippen LogP contribution in [0.2, 0.25) is 0 Å². The Morgan fingerprint density at radius 3 is 2.70 bits per heavy atom. The second kappa shape index (κ2) is 8.65. The molecular formula is C18H27N3O2. The molecule has 1 aliphatic rings. The fourth-order valence-corrected chi connectivity index (χ4v) is 3.18. The Morgan fingerprint density at radius 1 is 1.30 bits per heavy atom. The van der Waals surface area contributed by atoms with Crippen LogP contribution >= 0.6 is 0 Å². The van der Waals surface area contributed by atoms with Crippen molar-refractivity contribution in [2.24, 2.45) is 0 Å². The smallest absolute Gasteiger partial charge is 0.224 e. The summed E-state index contributed by atoms with van der Waals surface area (Å²) in [7, 11) is 0. The van der Waals surface area contributed by atoms with E-state index in [4.69, 9.17) is 0 Å². The number of piperidine rings is 1. The minimum atomic E-state index is 0.000276. The Bertz CT molecular complexity index is 518. The number of pyridine rings is 1. The fraction of sp³-hybridized carbons (Fsp3) is 0.611. The van der Waals surface area contributed by atoms with Gasteiger partial charge in [0.05, 0.1) is 0 Å². The Morgan fingerprint density at radius 2 is 2.04 bits per heavy atom. The molecule has 0 bridgehead atoms. The van der Waals surface area contributed by atoms with E-state index in [9.17, 15) is 9.59 Å². The highest BCUT2D eigenvalue weighted by atomic mass is 16.2. The van der Waals surface area contributed by atoms with Crippen molar-refractivity contribution in [1.82, 2.24) is 14.8 Å². The first kappa shape index (κ1) is 17.4. The predicted octanol–water partition coefficient (Wildman–Crippen LogP) is 2.61. The van der Waals surface area contributed by atoms with Crippen molar-refractivity contribution in [2.75, 3.05) is 13.1 Å². The van der Waals surface area contributed by atoms with E-state index in [1.165, 1.54) is 6.42 Å². The van der Waals surface area contributed by atoms with E-state index in [1.54, 1.807) is 24.2 Å². The number of rotatable bonds is 6. The summed E-state index contributed by atoms with van der Waals surface area (Å²) in [5.74, 6) is 0.179. The van der Waals surface area contributed by atoms with Crippen molar-refractivity contribution >= 4 is 11.8 Å². The van der Waals surface area contributed by atoms with Gasteiger partial charge in [0, 0.05) is 51.4 Å². The third-order valence-corrected chi connectivity index (χ3v) is 4.58. The largest absolute Gasteiger partial charge is 0.340 e. The first-order valence-corrected chi connectivity index (χ1v) is 8.55. The van der Waals surface area contributed by atoms with Crippen LogP contribution in [-0.2, 0) is 16.1 Å². The zero-order valence-electron chi connectivity index (χ0n) is 14.2. The van der Waals surface area contributed by atoms with Gasteiger partial charge in [0.25, 0.3) is 0 Å². The van der Waals surface area contributed by atoms with E-state index < -0.39 is 0 Å². The average molecular weight is 317 g/mol. The maximum atomic E-state index is 12.5. The normalized spacial score (nSPS) is 17.8. The lowest BCUT2D eigenvalue weighted by atomic mass is 9.99. The molecule has 1 unspecified atom stereocenters. The molecule has 1 atom stereocenters. The monoisotopic (exact) mass is 317 g/mol. The summed E-state index contributed by atoms with van der Waals surface area (Å²) in [6.45, 7) is 5.57. The number of likely N-dealkylation sites (tertiary alicyclic amines) is 1. The molecule has 5 heteroatoms. The quantitative estimate of drug-likeness (QED) is 0.810. The Labute approximate surface area is 138 Å². The maximum absolute atomic E-state index is 12.5. The molecule has 0 aliphatic carbocycles. The maximum Gasteiger partial charge on any atom is 0.224 e. The molecule has 0 N–H and O–H groups in total. The molecule has 1 fully saturated rings. The van der Waals surface area contributed by atoms with E-state index >= 15 is 0 Å². The Hall–Kier alpha value is -1.91.